The van der Waals surface area contributed by atoms with E-state index in [0.717, 1.165) is 12.0 Å². The Morgan fingerprint density at radius 2 is 1.38 bits per heavy atom. The molecule has 0 aliphatic rings. The standard InChI is InChI=1S/C18H22N2O/c1-2-3-14-4-9-16(10-5-14)17-11-6-15(7-12-17)8-13-18(21)20-19/h4-7,9-12H,2-3,8,13,19H2,1H3,(H,20,21). The molecule has 110 valence electrons. The zero-order chi connectivity index (χ0) is 15.1. The Bertz CT molecular complexity index is 573. The van der Waals surface area contributed by atoms with Gasteiger partial charge in [0.1, 0.15) is 0 Å². The van der Waals surface area contributed by atoms with Gasteiger partial charge in [0.2, 0.25) is 5.91 Å². The number of aryl methyl sites for hydroxylation is 2. The molecule has 0 unspecified atom stereocenters. The van der Waals surface area contributed by atoms with Crippen LogP contribution in [0.5, 0.6) is 0 Å². The fourth-order valence-electron chi connectivity index (χ4n) is 2.35. The maximum atomic E-state index is 11.1. The number of nitrogens with two attached hydrogens (primary N) is 1. The SMILES string of the molecule is CCCc1ccc(-c2ccc(CCC(=O)NN)cc2)cc1. The van der Waals surface area contributed by atoms with Gasteiger partial charge in [-0.3, -0.25) is 10.2 Å². The van der Waals surface area contributed by atoms with Crippen LogP contribution in [0.1, 0.15) is 30.9 Å². The van der Waals surface area contributed by atoms with Gasteiger partial charge in [0.15, 0.2) is 0 Å². The lowest BCUT2D eigenvalue weighted by Crippen LogP contribution is -2.30. The molecule has 3 heteroatoms. The van der Waals surface area contributed by atoms with E-state index in [1.54, 1.807) is 0 Å². The monoisotopic (exact) mass is 282 g/mol. The number of carbonyl (C=O) groups excluding carboxylic acids is 1. The topological polar surface area (TPSA) is 55.1 Å². The molecule has 0 fully saturated rings. The summed E-state index contributed by atoms with van der Waals surface area (Å²) in [5.41, 5.74) is 7.10. The summed E-state index contributed by atoms with van der Waals surface area (Å²) in [6.45, 7) is 2.19. The van der Waals surface area contributed by atoms with Crippen LogP contribution >= 0.6 is 0 Å². The summed E-state index contributed by atoms with van der Waals surface area (Å²) in [6, 6.07) is 17.1. The zero-order valence-electron chi connectivity index (χ0n) is 12.4. The maximum Gasteiger partial charge on any atom is 0.234 e. The van der Waals surface area contributed by atoms with Gasteiger partial charge in [0.25, 0.3) is 0 Å². The number of rotatable bonds is 6. The molecule has 0 saturated heterocycles. The highest BCUT2D eigenvalue weighted by Gasteiger charge is 2.02. The van der Waals surface area contributed by atoms with Crippen molar-refractivity contribution in [1.82, 2.24) is 5.43 Å². The average Bonchev–Trinajstić information content (AvgIpc) is 2.54. The summed E-state index contributed by atoms with van der Waals surface area (Å²) in [5.74, 6) is 4.94. The van der Waals surface area contributed by atoms with Crippen molar-refractivity contribution in [3.63, 3.8) is 0 Å². The number of hydrogen-bond acceptors (Lipinski definition) is 2. The van der Waals surface area contributed by atoms with Crippen molar-refractivity contribution in [2.24, 2.45) is 5.84 Å². The van der Waals surface area contributed by atoms with Gasteiger partial charge in [-0.05, 0) is 35.1 Å². The van der Waals surface area contributed by atoms with Gasteiger partial charge < -0.3 is 0 Å². The predicted molar refractivity (Wildman–Crippen MR) is 86.5 cm³/mol. The van der Waals surface area contributed by atoms with Gasteiger partial charge >= 0.3 is 0 Å². The highest BCUT2D eigenvalue weighted by atomic mass is 16.2. The highest BCUT2D eigenvalue weighted by molar-refractivity contribution is 5.75. The van der Waals surface area contributed by atoms with Gasteiger partial charge in [-0.15, -0.1) is 0 Å². The molecule has 0 aromatic heterocycles. The molecule has 3 nitrogen and oxygen atoms in total. The Hall–Kier alpha value is -2.13. The van der Waals surface area contributed by atoms with Gasteiger partial charge in [-0.1, -0.05) is 61.9 Å². The zero-order valence-corrected chi connectivity index (χ0v) is 12.4. The third-order valence-corrected chi connectivity index (χ3v) is 3.58. The van der Waals surface area contributed by atoms with Crippen molar-refractivity contribution >= 4 is 5.91 Å². The normalized spacial score (nSPS) is 10.4. The first kappa shape index (κ1) is 15.3. The fourth-order valence-corrected chi connectivity index (χ4v) is 2.35. The fraction of sp³-hybridized carbons (Fsp3) is 0.278. The molecular weight excluding hydrogens is 260 g/mol. The second-order valence-corrected chi connectivity index (χ2v) is 5.21. The second-order valence-electron chi connectivity index (χ2n) is 5.21. The van der Waals surface area contributed by atoms with Gasteiger partial charge in [0.05, 0.1) is 0 Å². The summed E-state index contributed by atoms with van der Waals surface area (Å²) >= 11 is 0. The second kappa shape index (κ2) is 7.60. The highest BCUT2D eigenvalue weighted by Crippen LogP contribution is 2.21. The van der Waals surface area contributed by atoms with Crippen molar-refractivity contribution in [1.29, 1.82) is 0 Å². The third-order valence-electron chi connectivity index (χ3n) is 3.58. The first-order valence-corrected chi connectivity index (χ1v) is 7.40. The lowest BCUT2D eigenvalue weighted by molar-refractivity contribution is -0.121. The maximum absolute atomic E-state index is 11.1. The largest absolute Gasteiger partial charge is 0.294 e. The molecule has 3 N–H and O–H groups in total. The molecule has 21 heavy (non-hydrogen) atoms. The van der Waals surface area contributed by atoms with Crippen LogP contribution in [0.15, 0.2) is 48.5 Å². The minimum Gasteiger partial charge on any atom is -0.294 e. The molecule has 0 radical (unpaired) electrons. The molecule has 0 saturated carbocycles. The van der Waals surface area contributed by atoms with Gasteiger partial charge in [0, 0.05) is 6.42 Å². The van der Waals surface area contributed by atoms with Crippen LogP contribution in [0.2, 0.25) is 0 Å². The van der Waals surface area contributed by atoms with Crippen LogP contribution in [-0.4, -0.2) is 5.91 Å². The molecule has 0 bridgehead atoms. The molecule has 0 spiro atoms. The van der Waals surface area contributed by atoms with Crippen LogP contribution in [0.3, 0.4) is 0 Å². The van der Waals surface area contributed by atoms with Crippen molar-refractivity contribution in [2.75, 3.05) is 0 Å². The van der Waals surface area contributed by atoms with Crippen LogP contribution in [0, 0.1) is 0 Å². The average molecular weight is 282 g/mol. The molecule has 2 aromatic rings. The Kier molecular flexibility index (Phi) is 5.52. The Balaban J connectivity index is 2.02. The van der Waals surface area contributed by atoms with Crippen LogP contribution in [0.25, 0.3) is 11.1 Å². The summed E-state index contributed by atoms with van der Waals surface area (Å²) in [6.07, 6.45) is 3.42. The number of amides is 1. The lowest BCUT2D eigenvalue weighted by Gasteiger charge is -2.06. The van der Waals surface area contributed by atoms with Crippen LogP contribution in [0.4, 0.5) is 0 Å². The summed E-state index contributed by atoms with van der Waals surface area (Å²) in [5, 5.41) is 0. The van der Waals surface area contributed by atoms with E-state index in [2.05, 4.69) is 60.9 Å². The number of hydrogen-bond donors (Lipinski definition) is 2. The van der Waals surface area contributed by atoms with E-state index < -0.39 is 0 Å². The van der Waals surface area contributed by atoms with E-state index in [4.69, 9.17) is 5.84 Å². The number of hydrazine groups is 1. The van der Waals surface area contributed by atoms with Gasteiger partial charge in [-0.2, -0.15) is 0 Å². The quantitative estimate of drug-likeness (QED) is 0.485. The van der Waals surface area contributed by atoms with E-state index in [0.29, 0.717) is 12.8 Å². The number of carbonyl (C=O) groups is 1. The smallest absolute Gasteiger partial charge is 0.234 e. The molecule has 0 aliphatic carbocycles. The van der Waals surface area contributed by atoms with Crippen LogP contribution in [-0.2, 0) is 17.6 Å². The summed E-state index contributed by atoms with van der Waals surface area (Å²) < 4.78 is 0. The first-order valence-electron chi connectivity index (χ1n) is 7.40. The Labute approximate surface area is 126 Å². The van der Waals surface area contributed by atoms with E-state index in [9.17, 15) is 4.79 Å². The van der Waals surface area contributed by atoms with Crippen LogP contribution < -0.4 is 11.3 Å². The molecule has 0 atom stereocenters. The first-order chi connectivity index (χ1) is 10.2. The Morgan fingerprint density at radius 3 is 1.81 bits per heavy atom. The van der Waals surface area contributed by atoms with Crippen molar-refractivity contribution < 1.29 is 4.79 Å². The number of nitrogens with one attached hydrogen (secondary N) is 1. The minimum atomic E-state index is -0.134. The molecule has 2 aromatic carbocycles. The van der Waals surface area contributed by atoms with E-state index in [1.807, 2.05) is 0 Å². The van der Waals surface area contributed by atoms with E-state index in [1.165, 1.54) is 23.1 Å². The Morgan fingerprint density at radius 1 is 0.905 bits per heavy atom. The molecule has 2 rings (SSSR count). The van der Waals surface area contributed by atoms with E-state index >= 15 is 0 Å². The molecule has 1 amide bonds. The predicted octanol–water partition coefficient (Wildman–Crippen LogP) is 3.23. The molecule has 0 heterocycles. The number of benzene rings is 2. The van der Waals surface area contributed by atoms with Crippen molar-refractivity contribution in [3.8, 4) is 11.1 Å². The summed E-state index contributed by atoms with van der Waals surface area (Å²) in [4.78, 5) is 11.1. The minimum absolute atomic E-state index is 0.134. The molecule has 0 aliphatic heterocycles. The van der Waals surface area contributed by atoms with Crippen molar-refractivity contribution in [2.45, 2.75) is 32.6 Å². The van der Waals surface area contributed by atoms with E-state index in [-0.39, 0.29) is 5.91 Å². The molecular formula is C18H22N2O. The summed E-state index contributed by atoms with van der Waals surface area (Å²) in [7, 11) is 0. The lowest BCUT2D eigenvalue weighted by atomic mass is 10.00. The van der Waals surface area contributed by atoms with Crippen molar-refractivity contribution in [3.05, 3.63) is 59.7 Å². The third kappa shape index (κ3) is 4.43. The van der Waals surface area contributed by atoms with Gasteiger partial charge in [-0.25, -0.2) is 5.84 Å².